The second kappa shape index (κ2) is 6.18. The number of benzene rings is 1. The zero-order valence-electron chi connectivity index (χ0n) is 11.6. The Bertz CT molecular complexity index is 500. The van der Waals surface area contributed by atoms with Crippen LogP contribution in [0.2, 0.25) is 0 Å². The van der Waals surface area contributed by atoms with E-state index in [1.807, 2.05) is 13.8 Å². The Morgan fingerprint density at radius 3 is 2.74 bits per heavy atom. The molecule has 0 bridgehead atoms. The molecule has 2 heteroatoms. The standard InChI is InChI=1S/C17H22O2/c1-12-9-16(10-13(2)17(12)19)15-7-3-5-14(11-15)6-4-8-18/h3,5,7,9-12,17-19H,4,6,8H2,1-2H3. The van der Waals surface area contributed by atoms with Gasteiger partial charge in [-0.3, -0.25) is 0 Å². The van der Waals surface area contributed by atoms with E-state index in [1.54, 1.807) is 0 Å². The minimum absolute atomic E-state index is 0.154. The molecule has 0 saturated heterocycles. The molecule has 2 atom stereocenters. The Balaban J connectivity index is 2.25. The van der Waals surface area contributed by atoms with Gasteiger partial charge in [-0.05, 0) is 42.0 Å². The lowest BCUT2D eigenvalue weighted by atomic mass is 9.86. The predicted octanol–water partition coefficient (Wildman–Crippen LogP) is 2.95. The monoisotopic (exact) mass is 258 g/mol. The van der Waals surface area contributed by atoms with Crippen LogP contribution in [0.1, 0.15) is 31.4 Å². The van der Waals surface area contributed by atoms with Crippen molar-refractivity contribution < 1.29 is 10.2 Å². The molecule has 0 fully saturated rings. The van der Waals surface area contributed by atoms with Gasteiger partial charge in [0.05, 0.1) is 6.10 Å². The van der Waals surface area contributed by atoms with Gasteiger partial charge in [0.15, 0.2) is 0 Å². The number of aryl methyl sites for hydroxylation is 1. The molecule has 0 amide bonds. The third-order valence-electron chi connectivity index (χ3n) is 3.67. The SMILES string of the molecule is CC1=CC(c2cccc(CCCO)c2)=CC(C)C1O. The van der Waals surface area contributed by atoms with Gasteiger partial charge >= 0.3 is 0 Å². The highest BCUT2D eigenvalue weighted by Gasteiger charge is 2.19. The number of hydrogen-bond acceptors (Lipinski definition) is 2. The maximum atomic E-state index is 9.94. The summed E-state index contributed by atoms with van der Waals surface area (Å²) in [5, 5.41) is 18.8. The molecule has 0 aliphatic heterocycles. The van der Waals surface area contributed by atoms with Crippen molar-refractivity contribution in [1.82, 2.24) is 0 Å². The van der Waals surface area contributed by atoms with Crippen molar-refractivity contribution in [1.29, 1.82) is 0 Å². The van der Waals surface area contributed by atoms with Crippen LogP contribution in [0.4, 0.5) is 0 Å². The van der Waals surface area contributed by atoms with Crippen LogP contribution in [0, 0.1) is 5.92 Å². The molecule has 2 nitrogen and oxygen atoms in total. The molecule has 19 heavy (non-hydrogen) atoms. The zero-order chi connectivity index (χ0) is 13.8. The van der Waals surface area contributed by atoms with Crippen LogP contribution in [0.5, 0.6) is 0 Å². The lowest BCUT2D eigenvalue weighted by Crippen LogP contribution is -2.20. The molecule has 0 aromatic heterocycles. The van der Waals surface area contributed by atoms with Gasteiger partial charge in [-0.1, -0.05) is 43.3 Å². The summed E-state index contributed by atoms with van der Waals surface area (Å²) in [6.45, 7) is 4.25. The van der Waals surface area contributed by atoms with Gasteiger partial charge < -0.3 is 10.2 Å². The number of aliphatic hydroxyl groups is 2. The maximum Gasteiger partial charge on any atom is 0.0810 e. The van der Waals surface area contributed by atoms with E-state index in [2.05, 4.69) is 36.4 Å². The fourth-order valence-electron chi connectivity index (χ4n) is 2.54. The average molecular weight is 258 g/mol. The third-order valence-corrected chi connectivity index (χ3v) is 3.67. The third kappa shape index (κ3) is 3.34. The molecule has 2 unspecified atom stereocenters. The van der Waals surface area contributed by atoms with Crippen LogP contribution in [-0.2, 0) is 6.42 Å². The summed E-state index contributed by atoms with van der Waals surface area (Å²) in [7, 11) is 0. The van der Waals surface area contributed by atoms with Crippen LogP contribution < -0.4 is 0 Å². The Kier molecular flexibility index (Phi) is 4.56. The molecule has 1 aliphatic carbocycles. The topological polar surface area (TPSA) is 40.5 Å². The molecule has 0 spiro atoms. The molecular weight excluding hydrogens is 236 g/mol. The van der Waals surface area contributed by atoms with Crippen LogP contribution in [0.25, 0.3) is 5.57 Å². The summed E-state index contributed by atoms with van der Waals surface area (Å²) >= 11 is 0. The van der Waals surface area contributed by atoms with Gasteiger partial charge in [-0.2, -0.15) is 0 Å². The summed E-state index contributed by atoms with van der Waals surface area (Å²) in [4.78, 5) is 0. The van der Waals surface area contributed by atoms with Crippen LogP contribution in [-0.4, -0.2) is 22.9 Å². The highest BCUT2D eigenvalue weighted by Crippen LogP contribution is 2.29. The van der Waals surface area contributed by atoms with Crippen molar-refractivity contribution in [3.8, 4) is 0 Å². The average Bonchev–Trinajstić information content (AvgIpc) is 2.42. The van der Waals surface area contributed by atoms with E-state index in [9.17, 15) is 5.11 Å². The fourth-order valence-corrected chi connectivity index (χ4v) is 2.54. The van der Waals surface area contributed by atoms with E-state index in [1.165, 1.54) is 16.7 Å². The first-order valence-corrected chi connectivity index (χ1v) is 6.90. The lowest BCUT2D eigenvalue weighted by Gasteiger charge is -2.23. The Morgan fingerprint density at radius 1 is 1.26 bits per heavy atom. The first-order valence-electron chi connectivity index (χ1n) is 6.90. The van der Waals surface area contributed by atoms with Gasteiger partial charge in [-0.25, -0.2) is 0 Å². The molecule has 1 aromatic carbocycles. The number of allylic oxidation sites excluding steroid dienone is 2. The van der Waals surface area contributed by atoms with Crippen molar-refractivity contribution in [2.75, 3.05) is 6.61 Å². The predicted molar refractivity (Wildman–Crippen MR) is 78.8 cm³/mol. The molecule has 0 saturated carbocycles. The smallest absolute Gasteiger partial charge is 0.0810 e. The zero-order valence-corrected chi connectivity index (χ0v) is 11.6. The molecule has 1 aliphatic rings. The normalized spacial score (nSPS) is 22.9. The molecule has 102 valence electrons. The highest BCUT2D eigenvalue weighted by atomic mass is 16.3. The molecule has 2 rings (SSSR count). The van der Waals surface area contributed by atoms with E-state index < -0.39 is 0 Å². The van der Waals surface area contributed by atoms with Gasteiger partial charge in [0.1, 0.15) is 0 Å². The summed E-state index contributed by atoms with van der Waals surface area (Å²) in [5.41, 5.74) is 4.64. The van der Waals surface area contributed by atoms with Crippen molar-refractivity contribution in [3.63, 3.8) is 0 Å². The largest absolute Gasteiger partial charge is 0.396 e. The second-order valence-electron chi connectivity index (χ2n) is 5.34. The first kappa shape index (κ1) is 14.0. The molecule has 0 radical (unpaired) electrons. The van der Waals surface area contributed by atoms with Gasteiger partial charge in [-0.15, -0.1) is 0 Å². The van der Waals surface area contributed by atoms with E-state index in [-0.39, 0.29) is 18.6 Å². The van der Waals surface area contributed by atoms with Gasteiger partial charge in [0, 0.05) is 12.5 Å². The van der Waals surface area contributed by atoms with Crippen LogP contribution in [0.15, 0.2) is 42.0 Å². The number of aliphatic hydroxyl groups excluding tert-OH is 2. The number of hydrogen-bond donors (Lipinski definition) is 2. The Morgan fingerprint density at radius 2 is 2.05 bits per heavy atom. The maximum absolute atomic E-state index is 9.94. The number of rotatable bonds is 4. The van der Waals surface area contributed by atoms with E-state index in [4.69, 9.17) is 5.11 Å². The van der Waals surface area contributed by atoms with E-state index in [0.717, 1.165) is 18.4 Å². The summed E-state index contributed by atoms with van der Waals surface area (Å²) in [5.74, 6) is 0.154. The van der Waals surface area contributed by atoms with Crippen molar-refractivity contribution >= 4 is 5.57 Å². The summed E-state index contributed by atoms with van der Waals surface area (Å²) in [6, 6.07) is 8.43. The Labute approximate surface area is 115 Å². The van der Waals surface area contributed by atoms with Crippen LogP contribution >= 0.6 is 0 Å². The highest BCUT2D eigenvalue weighted by molar-refractivity contribution is 5.76. The van der Waals surface area contributed by atoms with Crippen molar-refractivity contribution in [2.45, 2.75) is 32.8 Å². The first-order chi connectivity index (χ1) is 9.11. The van der Waals surface area contributed by atoms with E-state index in [0.29, 0.717) is 0 Å². The van der Waals surface area contributed by atoms with Gasteiger partial charge in [0.25, 0.3) is 0 Å². The van der Waals surface area contributed by atoms with Crippen molar-refractivity contribution in [2.24, 2.45) is 5.92 Å². The molecule has 0 heterocycles. The molecule has 2 N–H and O–H groups in total. The lowest BCUT2D eigenvalue weighted by molar-refractivity contribution is 0.172. The van der Waals surface area contributed by atoms with Gasteiger partial charge in [0.2, 0.25) is 0 Å². The molecule has 1 aromatic rings. The quantitative estimate of drug-likeness (QED) is 0.871. The van der Waals surface area contributed by atoms with E-state index >= 15 is 0 Å². The van der Waals surface area contributed by atoms with Crippen LogP contribution in [0.3, 0.4) is 0 Å². The summed E-state index contributed by atoms with van der Waals surface area (Å²) < 4.78 is 0. The molecular formula is C17H22O2. The second-order valence-corrected chi connectivity index (χ2v) is 5.34. The minimum atomic E-state index is -0.360. The van der Waals surface area contributed by atoms with Crippen molar-refractivity contribution in [3.05, 3.63) is 53.1 Å². The summed E-state index contributed by atoms with van der Waals surface area (Å²) in [6.07, 6.45) is 5.53. The Hall–Kier alpha value is -1.38. The minimum Gasteiger partial charge on any atom is -0.396 e. The fraction of sp³-hybridized carbons (Fsp3) is 0.412.